The van der Waals surface area contributed by atoms with E-state index in [1.54, 1.807) is 0 Å². The summed E-state index contributed by atoms with van der Waals surface area (Å²) in [6, 6.07) is 0. The highest BCUT2D eigenvalue weighted by Gasteiger charge is 2.40. The van der Waals surface area contributed by atoms with Crippen molar-refractivity contribution < 1.29 is 4.74 Å². The lowest BCUT2D eigenvalue weighted by Crippen LogP contribution is -2.61. The Kier molecular flexibility index (Phi) is 1.90. The minimum Gasteiger partial charge on any atom is -0.378 e. The van der Waals surface area contributed by atoms with Crippen molar-refractivity contribution in [1.29, 1.82) is 0 Å². The summed E-state index contributed by atoms with van der Waals surface area (Å²) in [7, 11) is 0. The molecule has 2 nitrogen and oxygen atoms in total. The largest absolute Gasteiger partial charge is 0.378 e. The Hall–Kier alpha value is -0.0800. The fourth-order valence-electron chi connectivity index (χ4n) is 2.15. The molecule has 11 heavy (non-hydrogen) atoms. The summed E-state index contributed by atoms with van der Waals surface area (Å²) in [6.07, 6.45) is 5.53. The number of hydrogen-bond donors (Lipinski definition) is 1. The van der Waals surface area contributed by atoms with Gasteiger partial charge in [-0.2, -0.15) is 0 Å². The summed E-state index contributed by atoms with van der Waals surface area (Å²) in [6.45, 7) is 4.39. The highest BCUT2D eigenvalue weighted by Crippen LogP contribution is 2.33. The fraction of sp³-hybridized carbons (Fsp3) is 1.00. The second-order valence-corrected chi connectivity index (χ2v) is 3.81. The van der Waals surface area contributed by atoms with Gasteiger partial charge in [-0.25, -0.2) is 0 Å². The van der Waals surface area contributed by atoms with Crippen LogP contribution in [0.25, 0.3) is 0 Å². The van der Waals surface area contributed by atoms with Gasteiger partial charge in [0.15, 0.2) is 0 Å². The molecule has 0 saturated carbocycles. The van der Waals surface area contributed by atoms with Gasteiger partial charge in [0.2, 0.25) is 0 Å². The summed E-state index contributed by atoms with van der Waals surface area (Å²) >= 11 is 0. The second-order valence-electron chi connectivity index (χ2n) is 3.81. The van der Waals surface area contributed by atoms with Crippen LogP contribution in [0.1, 0.15) is 32.6 Å². The molecule has 2 saturated heterocycles. The number of nitrogens with one attached hydrogen (secondary N) is 1. The van der Waals surface area contributed by atoms with E-state index in [-0.39, 0.29) is 0 Å². The van der Waals surface area contributed by atoms with E-state index in [0.717, 1.165) is 6.61 Å². The van der Waals surface area contributed by atoms with Gasteiger partial charge in [0.05, 0.1) is 6.10 Å². The zero-order valence-corrected chi connectivity index (χ0v) is 7.23. The molecular formula is C9H17NO. The van der Waals surface area contributed by atoms with Crippen LogP contribution in [0.5, 0.6) is 0 Å². The molecule has 2 aliphatic heterocycles. The van der Waals surface area contributed by atoms with Crippen LogP contribution in [-0.2, 0) is 4.74 Å². The molecule has 64 valence electrons. The zero-order chi connectivity index (χ0) is 7.73. The Balaban J connectivity index is 1.92. The van der Waals surface area contributed by atoms with Gasteiger partial charge in [-0.15, -0.1) is 0 Å². The van der Waals surface area contributed by atoms with Gasteiger partial charge in [-0.05, 0) is 32.2 Å². The van der Waals surface area contributed by atoms with Crippen molar-refractivity contribution >= 4 is 0 Å². The first-order chi connectivity index (χ1) is 5.35. The molecule has 2 heteroatoms. The van der Waals surface area contributed by atoms with Crippen LogP contribution in [0.3, 0.4) is 0 Å². The molecule has 0 bridgehead atoms. The van der Waals surface area contributed by atoms with Crippen molar-refractivity contribution in [3.8, 4) is 0 Å². The van der Waals surface area contributed by atoms with Gasteiger partial charge in [-0.1, -0.05) is 6.92 Å². The normalized spacial score (nSPS) is 43.9. The van der Waals surface area contributed by atoms with E-state index in [0.29, 0.717) is 11.6 Å². The molecule has 0 aliphatic carbocycles. The van der Waals surface area contributed by atoms with Crippen molar-refractivity contribution in [2.45, 2.75) is 44.2 Å². The lowest BCUT2D eigenvalue weighted by molar-refractivity contribution is -0.0501. The van der Waals surface area contributed by atoms with Crippen LogP contribution in [0.2, 0.25) is 0 Å². The lowest BCUT2D eigenvalue weighted by Gasteiger charge is -2.48. The summed E-state index contributed by atoms with van der Waals surface area (Å²) in [5, 5.41) is 3.55. The van der Waals surface area contributed by atoms with E-state index in [1.807, 2.05) is 0 Å². The fourth-order valence-corrected chi connectivity index (χ4v) is 2.15. The van der Waals surface area contributed by atoms with Crippen LogP contribution in [0.15, 0.2) is 0 Å². The van der Waals surface area contributed by atoms with Gasteiger partial charge in [0, 0.05) is 12.1 Å². The number of rotatable bonds is 1. The molecule has 1 N–H and O–H groups in total. The zero-order valence-electron chi connectivity index (χ0n) is 7.23. The Labute approximate surface area is 68.3 Å². The SMILES string of the molecule is CCC1CC2(CCN2)CCO1. The molecule has 0 radical (unpaired) electrons. The van der Waals surface area contributed by atoms with Crippen molar-refractivity contribution in [1.82, 2.24) is 5.32 Å². The van der Waals surface area contributed by atoms with E-state index in [2.05, 4.69) is 12.2 Å². The van der Waals surface area contributed by atoms with Crippen LogP contribution in [-0.4, -0.2) is 24.8 Å². The molecule has 2 unspecified atom stereocenters. The van der Waals surface area contributed by atoms with Gasteiger partial charge in [0.25, 0.3) is 0 Å². The predicted molar refractivity (Wildman–Crippen MR) is 44.6 cm³/mol. The minimum atomic E-state index is 0.499. The Bertz CT molecular complexity index is 142. The number of hydrogen-bond acceptors (Lipinski definition) is 2. The van der Waals surface area contributed by atoms with E-state index in [1.165, 1.54) is 32.2 Å². The Morgan fingerprint density at radius 3 is 2.91 bits per heavy atom. The molecule has 1 spiro atoms. The standard InChI is InChI=1S/C9H17NO/c1-2-8-7-9(3-5-10-9)4-6-11-8/h8,10H,2-7H2,1H3. The Morgan fingerprint density at radius 2 is 2.36 bits per heavy atom. The van der Waals surface area contributed by atoms with E-state index < -0.39 is 0 Å². The van der Waals surface area contributed by atoms with Gasteiger partial charge < -0.3 is 10.1 Å². The molecule has 2 rings (SSSR count). The molecule has 0 aromatic heterocycles. The monoisotopic (exact) mass is 155 g/mol. The van der Waals surface area contributed by atoms with Crippen molar-refractivity contribution in [3.63, 3.8) is 0 Å². The quantitative estimate of drug-likeness (QED) is 0.616. The van der Waals surface area contributed by atoms with E-state index >= 15 is 0 Å². The third-order valence-corrected chi connectivity index (χ3v) is 3.11. The minimum absolute atomic E-state index is 0.499. The topological polar surface area (TPSA) is 21.3 Å². The maximum atomic E-state index is 5.62. The molecule has 0 aromatic rings. The number of ether oxygens (including phenoxy) is 1. The first-order valence-electron chi connectivity index (χ1n) is 4.71. The van der Waals surface area contributed by atoms with E-state index in [9.17, 15) is 0 Å². The highest BCUT2D eigenvalue weighted by molar-refractivity contribution is 4.99. The van der Waals surface area contributed by atoms with Gasteiger partial charge in [-0.3, -0.25) is 0 Å². The van der Waals surface area contributed by atoms with Crippen LogP contribution in [0, 0.1) is 0 Å². The maximum absolute atomic E-state index is 5.62. The smallest absolute Gasteiger partial charge is 0.0590 e. The predicted octanol–water partition coefficient (Wildman–Crippen LogP) is 1.31. The van der Waals surface area contributed by atoms with E-state index in [4.69, 9.17) is 4.74 Å². The van der Waals surface area contributed by atoms with Crippen LogP contribution >= 0.6 is 0 Å². The molecule has 2 aliphatic rings. The first kappa shape index (κ1) is 7.56. The summed E-state index contributed by atoms with van der Waals surface area (Å²) < 4.78 is 5.62. The highest BCUT2D eigenvalue weighted by atomic mass is 16.5. The first-order valence-corrected chi connectivity index (χ1v) is 4.71. The average molecular weight is 155 g/mol. The third kappa shape index (κ3) is 1.30. The van der Waals surface area contributed by atoms with Crippen LogP contribution < -0.4 is 5.32 Å². The molecule has 2 atom stereocenters. The summed E-state index contributed by atoms with van der Waals surface area (Å²) in [5.74, 6) is 0. The van der Waals surface area contributed by atoms with Crippen LogP contribution in [0.4, 0.5) is 0 Å². The summed E-state index contributed by atoms with van der Waals surface area (Å²) in [4.78, 5) is 0. The Morgan fingerprint density at radius 1 is 1.55 bits per heavy atom. The average Bonchev–Trinajstić information content (AvgIpc) is 2.02. The third-order valence-electron chi connectivity index (χ3n) is 3.11. The molecule has 0 amide bonds. The molecular weight excluding hydrogens is 138 g/mol. The molecule has 2 heterocycles. The lowest BCUT2D eigenvalue weighted by atomic mass is 9.78. The van der Waals surface area contributed by atoms with Crippen molar-refractivity contribution in [3.05, 3.63) is 0 Å². The molecule has 0 aromatic carbocycles. The molecule has 2 fully saturated rings. The van der Waals surface area contributed by atoms with Gasteiger partial charge in [0.1, 0.15) is 0 Å². The van der Waals surface area contributed by atoms with Gasteiger partial charge >= 0.3 is 0 Å². The summed E-state index contributed by atoms with van der Waals surface area (Å²) in [5.41, 5.74) is 0.499. The van der Waals surface area contributed by atoms with Crippen molar-refractivity contribution in [2.24, 2.45) is 0 Å². The van der Waals surface area contributed by atoms with Crippen molar-refractivity contribution in [2.75, 3.05) is 13.2 Å². The maximum Gasteiger partial charge on any atom is 0.0590 e. The second kappa shape index (κ2) is 2.76.